The number of rotatable bonds is 6. The lowest BCUT2D eigenvalue weighted by molar-refractivity contribution is -0.141. The van der Waals surface area contributed by atoms with Crippen LogP contribution in [-0.2, 0) is 16.1 Å². The number of aromatic amines is 1. The van der Waals surface area contributed by atoms with Gasteiger partial charge in [0.15, 0.2) is 10.8 Å². The minimum absolute atomic E-state index is 0.0242. The Kier molecular flexibility index (Phi) is 5.64. The predicted molar refractivity (Wildman–Crippen MR) is 111 cm³/mol. The molecular weight excluding hydrogens is 412 g/mol. The quantitative estimate of drug-likeness (QED) is 0.288. The molecule has 0 saturated heterocycles. The van der Waals surface area contributed by atoms with Crippen molar-refractivity contribution < 1.29 is 9.53 Å². The lowest BCUT2D eigenvalue weighted by Gasteiger charge is -2.06. The number of hydrogen-bond donors (Lipinski definition) is 1. The van der Waals surface area contributed by atoms with E-state index >= 15 is 0 Å². The number of nitrogens with one attached hydrogen (secondary N) is 1. The standard InChI is InChI=1S/C20H15ClN4O3S/c21-14-6-8-15(9-7-14)25-18-16(10-22-25)19(27)24-20(23-18)29-12-17(26)28-11-13-4-2-1-3-5-13/h1-10H,11-12H2,(H,23,24,27). The molecule has 0 bridgehead atoms. The van der Waals surface area contributed by atoms with E-state index < -0.39 is 5.97 Å². The second-order valence-corrected chi connectivity index (χ2v) is 7.48. The summed E-state index contributed by atoms with van der Waals surface area (Å²) in [6.45, 7) is 0.201. The molecular formula is C20H15ClN4O3S. The molecule has 2 heterocycles. The molecule has 0 radical (unpaired) electrons. The number of ether oxygens (including phenoxy) is 1. The lowest BCUT2D eigenvalue weighted by Crippen LogP contribution is -2.12. The molecule has 0 unspecified atom stereocenters. The molecule has 0 amide bonds. The maximum atomic E-state index is 12.4. The maximum absolute atomic E-state index is 12.4. The second-order valence-electron chi connectivity index (χ2n) is 6.08. The molecule has 0 spiro atoms. The Hall–Kier alpha value is -3.10. The Morgan fingerprint density at radius 2 is 1.90 bits per heavy atom. The molecule has 0 atom stereocenters. The molecule has 0 aliphatic heterocycles. The van der Waals surface area contributed by atoms with E-state index in [9.17, 15) is 9.59 Å². The molecule has 4 rings (SSSR count). The van der Waals surface area contributed by atoms with E-state index in [0.717, 1.165) is 23.0 Å². The van der Waals surface area contributed by atoms with Crippen LogP contribution in [0.15, 0.2) is 70.7 Å². The van der Waals surface area contributed by atoms with Gasteiger partial charge in [0.05, 0.1) is 17.6 Å². The zero-order valence-corrected chi connectivity index (χ0v) is 16.6. The van der Waals surface area contributed by atoms with E-state index in [0.29, 0.717) is 21.2 Å². The average molecular weight is 427 g/mol. The number of halogens is 1. The third-order valence-corrected chi connectivity index (χ3v) is 5.16. The summed E-state index contributed by atoms with van der Waals surface area (Å²) in [6.07, 6.45) is 1.46. The first-order valence-electron chi connectivity index (χ1n) is 8.66. The Bertz CT molecular complexity index is 1210. The van der Waals surface area contributed by atoms with Gasteiger partial charge in [0.25, 0.3) is 5.56 Å². The minimum atomic E-state index is -0.396. The van der Waals surface area contributed by atoms with Gasteiger partial charge in [-0.15, -0.1) is 0 Å². The fraction of sp³-hybridized carbons (Fsp3) is 0.100. The Morgan fingerprint density at radius 1 is 1.14 bits per heavy atom. The predicted octanol–water partition coefficient (Wildman–Crippen LogP) is 3.60. The number of fused-ring (bicyclic) bond motifs is 1. The van der Waals surface area contributed by atoms with Crippen molar-refractivity contribution in [1.82, 2.24) is 19.7 Å². The molecule has 7 nitrogen and oxygen atoms in total. The topological polar surface area (TPSA) is 89.9 Å². The fourth-order valence-electron chi connectivity index (χ4n) is 2.64. The first-order valence-corrected chi connectivity index (χ1v) is 10.0. The Labute approximate surface area is 174 Å². The minimum Gasteiger partial charge on any atom is -0.460 e. The molecule has 2 aromatic carbocycles. The monoisotopic (exact) mass is 426 g/mol. The van der Waals surface area contributed by atoms with Gasteiger partial charge in [-0.3, -0.25) is 9.59 Å². The molecule has 0 aliphatic carbocycles. The van der Waals surface area contributed by atoms with Gasteiger partial charge >= 0.3 is 5.97 Å². The number of hydrogen-bond acceptors (Lipinski definition) is 6. The second kappa shape index (κ2) is 8.50. The van der Waals surface area contributed by atoms with Crippen molar-refractivity contribution in [1.29, 1.82) is 0 Å². The van der Waals surface area contributed by atoms with Crippen LogP contribution >= 0.6 is 23.4 Å². The number of benzene rings is 2. The van der Waals surface area contributed by atoms with Crippen LogP contribution in [0.5, 0.6) is 0 Å². The summed E-state index contributed by atoms with van der Waals surface area (Å²) < 4.78 is 6.80. The van der Waals surface area contributed by atoms with Gasteiger partial charge in [-0.2, -0.15) is 5.10 Å². The highest BCUT2D eigenvalue weighted by Gasteiger charge is 2.13. The molecule has 29 heavy (non-hydrogen) atoms. The van der Waals surface area contributed by atoms with Gasteiger partial charge in [0, 0.05) is 5.02 Å². The molecule has 146 valence electrons. The van der Waals surface area contributed by atoms with Gasteiger partial charge in [0.1, 0.15) is 12.0 Å². The number of thioether (sulfide) groups is 1. The van der Waals surface area contributed by atoms with Crippen LogP contribution in [0.4, 0.5) is 0 Å². The van der Waals surface area contributed by atoms with Gasteiger partial charge in [-0.05, 0) is 29.8 Å². The Balaban J connectivity index is 1.49. The molecule has 9 heteroatoms. The first kappa shape index (κ1) is 19.2. The summed E-state index contributed by atoms with van der Waals surface area (Å²) in [7, 11) is 0. The van der Waals surface area contributed by atoms with E-state index in [4.69, 9.17) is 16.3 Å². The number of carbonyl (C=O) groups excluding carboxylic acids is 1. The van der Waals surface area contributed by atoms with E-state index in [1.54, 1.807) is 28.9 Å². The summed E-state index contributed by atoms with van der Waals surface area (Å²) in [5.74, 6) is -0.371. The lowest BCUT2D eigenvalue weighted by atomic mass is 10.2. The van der Waals surface area contributed by atoms with E-state index in [2.05, 4.69) is 15.1 Å². The number of esters is 1. The van der Waals surface area contributed by atoms with Gasteiger partial charge in [-0.25, -0.2) is 9.67 Å². The molecule has 4 aromatic rings. The highest BCUT2D eigenvalue weighted by molar-refractivity contribution is 7.99. The maximum Gasteiger partial charge on any atom is 0.316 e. The highest BCUT2D eigenvalue weighted by atomic mass is 35.5. The zero-order valence-electron chi connectivity index (χ0n) is 15.0. The highest BCUT2D eigenvalue weighted by Crippen LogP contribution is 2.19. The van der Waals surface area contributed by atoms with Crippen LogP contribution in [-0.4, -0.2) is 31.5 Å². The van der Waals surface area contributed by atoms with Gasteiger partial charge < -0.3 is 9.72 Å². The Morgan fingerprint density at radius 3 is 2.66 bits per heavy atom. The largest absolute Gasteiger partial charge is 0.460 e. The van der Waals surface area contributed by atoms with Crippen molar-refractivity contribution in [2.75, 3.05) is 5.75 Å². The number of aromatic nitrogens is 4. The van der Waals surface area contributed by atoms with Gasteiger partial charge in [0.2, 0.25) is 0 Å². The summed E-state index contributed by atoms with van der Waals surface area (Å²) in [6, 6.07) is 16.4. The SMILES string of the molecule is O=C(CSc1nc2c(cnn2-c2ccc(Cl)cc2)c(=O)[nH]1)OCc1ccccc1. The van der Waals surface area contributed by atoms with Crippen LogP contribution in [0.1, 0.15) is 5.56 Å². The molecule has 0 saturated carbocycles. The summed E-state index contributed by atoms with van der Waals surface area (Å²) in [5, 5.41) is 5.52. The van der Waals surface area contributed by atoms with Crippen molar-refractivity contribution in [2.45, 2.75) is 11.8 Å². The van der Waals surface area contributed by atoms with Crippen molar-refractivity contribution in [3.05, 3.63) is 81.7 Å². The number of nitrogens with zero attached hydrogens (tertiary/aromatic N) is 3. The summed E-state index contributed by atoms with van der Waals surface area (Å²) in [4.78, 5) is 31.5. The number of H-pyrrole nitrogens is 1. The van der Waals surface area contributed by atoms with Crippen LogP contribution in [0, 0.1) is 0 Å². The molecule has 0 fully saturated rings. The third kappa shape index (κ3) is 4.49. The van der Waals surface area contributed by atoms with Crippen LogP contribution in [0.25, 0.3) is 16.7 Å². The van der Waals surface area contributed by atoms with Crippen molar-refractivity contribution in [3.63, 3.8) is 0 Å². The summed E-state index contributed by atoms with van der Waals surface area (Å²) >= 11 is 7.03. The van der Waals surface area contributed by atoms with Crippen molar-refractivity contribution >= 4 is 40.4 Å². The average Bonchev–Trinajstić information content (AvgIpc) is 3.17. The normalized spacial score (nSPS) is 10.9. The van der Waals surface area contributed by atoms with Gasteiger partial charge in [-0.1, -0.05) is 53.7 Å². The van der Waals surface area contributed by atoms with E-state index in [-0.39, 0.29) is 17.9 Å². The van der Waals surface area contributed by atoms with Crippen LogP contribution in [0.2, 0.25) is 5.02 Å². The van der Waals surface area contributed by atoms with E-state index in [1.165, 1.54) is 6.20 Å². The molecule has 2 aromatic heterocycles. The van der Waals surface area contributed by atoms with Crippen molar-refractivity contribution in [2.24, 2.45) is 0 Å². The fourth-order valence-corrected chi connectivity index (χ4v) is 3.42. The van der Waals surface area contributed by atoms with E-state index in [1.807, 2.05) is 30.3 Å². The smallest absolute Gasteiger partial charge is 0.316 e. The van der Waals surface area contributed by atoms with Crippen LogP contribution in [0.3, 0.4) is 0 Å². The first-order chi connectivity index (χ1) is 14.1. The zero-order chi connectivity index (χ0) is 20.2. The summed E-state index contributed by atoms with van der Waals surface area (Å²) in [5.41, 5.74) is 1.71. The van der Waals surface area contributed by atoms with Crippen LogP contribution < -0.4 is 5.56 Å². The molecule has 0 aliphatic rings. The number of carbonyl (C=O) groups is 1. The van der Waals surface area contributed by atoms with Crippen molar-refractivity contribution in [3.8, 4) is 5.69 Å². The third-order valence-electron chi connectivity index (χ3n) is 4.06. The molecule has 1 N–H and O–H groups in total.